The molecule has 1 saturated heterocycles. The van der Waals surface area contributed by atoms with Crippen LogP contribution in [0.4, 0.5) is 0 Å². The number of morpholine rings is 1. The van der Waals surface area contributed by atoms with Crippen LogP contribution in [0.2, 0.25) is 0 Å². The highest BCUT2D eigenvalue weighted by atomic mass is 16.5. The molecule has 1 amide bonds. The molecule has 1 N–H and O–H groups in total. The quantitative estimate of drug-likeness (QED) is 0.682. The average molecular weight is 362 g/mol. The standard InChI is InChI=1S/C20H30N2O4/c1-4-19(23)16-5-7-17(8-6-16)26-14-20(24)21-11-18-13-22(9-10-25-18)12-15(2)3/h5-8,15,18H,4,9-14H2,1-3H3,(H,21,24)/t18-/m0/s1. The van der Waals surface area contributed by atoms with E-state index in [0.717, 1.165) is 19.6 Å². The molecule has 1 aromatic rings. The maximum absolute atomic E-state index is 12.0. The van der Waals surface area contributed by atoms with Crippen LogP contribution in [0.3, 0.4) is 0 Å². The second kappa shape index (κ2) is 10.3. The molecule has 1 aliphatic heterocycles. The van der Waals surface area contributed by atoms with Gasteiger partial charge < -0.3 is 14.8 Å². The van der Waals surface area contributed by atoms with Crippen molar-refractivity contribution in [3.8, 4) is 5.75 Å². The van der Waals surface area contributed by atoms with Crippen LogP contribution in [0.5, 0.6) is 5.75 Å². The monoisotopic (exact) mass is 362 g/mol. The van der Waals surface area contributed by atoms with Gasteiger partial charge in [-0.1, -0.05) is 20.8 Å². The Kier molecular flexibility index (Phi) is 8.06. The van der Waals surface area contributed by atoms with Gasteiger partial charge in [0.25, 0.3) is 5.91 Å². The molecule has 0 aliphatic carbocycles. The van der Waals surface area contributed by atoms with Gasteiger partial charge in [-0.2, -0.15) is 0 Å². The maximum Gasteiger partial charge on any atom is 0.258 e. The first kappa shape index (κ1) is 20.4. The van der Waals surface area contributed by atoms with Gasteiger partial charge in [-0.25, -0.2) is 0 Å². The van der Waals surface area contributed by atoms with Crippen LogP contribution in [0.1, 0.15) is 37.6 Å². The molecule has 1 atom stereocenters. The Morgan fingerprint density at radius 3 is 2.69 bits per heavy atom. The Bertz CT molecular complexity index is 586. The number of hydrogen-bond acceptors (Lipinski definition) is 5. The lowest BCUT2D eigenvalue weighted by atomic mass is 10.1. The summed E-state index contributed by atoms with van der Waals surface area (Å²) in [5.74, 6) is 1.11. The Morgan fingerprint density at radius 1 is 1.31 bits per heavy atom. The molecule has 1 aromatic carbocycles. The van der Waals surface area contributed by atoms with Gasteiger partial charge in [0.2, 0.25) is 0 Å². The van der Waals surface area contributed by atoms with E-state index in [0.29, 0.717) is 36.8 Å². The molecule has 6 nitrogen and oxygen atoms in total. The zero-order valence-corrected chi connectivity index (χ0v) is 16.0. The fourth-order valence-corrected chi connectivity index (χ4v) is 2.95. The summed E-state index contributed by atoms with van der Waals surface area (Å²) in [5.41, 5.74) is 0.657. The molecule has 26 heavy (non-hydrogen) atoms. The van der Waals surface area contributed by atoms with Crippen LogP contribution in [-0.4, -0.2) is 62.1 Å². The number of hydrogen-bond donors (Lipinski definition) is 1. The van der Waals surface area contributed by atoms with E-state index in [-0.39, 0.29) is 24.4 Å². The second-order valence-electron chi connectivity index (χ2n) is 7.04. The molecule has 6 heteroatoms. The first-order chi connectivity index (χ1) is 12.5. The lowest BCUT2D eigenvalue weighted by molar-refractivity contribution is -0.124. The zero-order chi connectivity index (χ0) is 18.9. The predicted molar refractivity (Wildman–Crippen MR) is 101 cm³/mol. The number of benzene rings is 1. The third-order valence-electron chi connectivity index (χ3n) is 4.24. The van der Waals surface area contributed by atoms with E-state index in [2.05, 4.69) is 24.1 Å². The molecule has 1 aliphatic rings. The molecule has 0 bridgehead atoms. The second-order valence-corrected chi connectivity index (χ2v) is 7.04. The molecule has 0 saturated carbocycles. The van der Waals surface area contributed by atoms with Gasteiger partial charge in [0.05, 0.1) is 12.7 Å². The summed E-state index contributed by atoms with van der Waals surface area (Å²) in [4.78, 5) is 25.9. The number of nitrogens with zero attached hydrogens (tertiary/aromatic N) is 1. The highest BCUT2D eigenvalue weighted by molar-refractivity contribution is 5.95. The van der Waals surface area contributed by atoms with Gasteiger partial charge >= 0.3 is 0 Å². The van der Waals surface area contributed by atoms with Crippen molar-refractivity contribution in [2.24, 2.45) is 5.92 Å². The van der Waals surface area contributed by atoms with E-state index in [1.807, 2.05) is 6.92 Å². The van der Waals surface area contributed by atoms with E-state index in [9.17, 15) is 9.59 Å². The molecule has 1 fully saturated rings. The topological polar surface area (TPSA) is 67.9 Å². The molecule has 0 unspecified atom stereocenters. The smallest absolute Gasteiger partial charge is 0.258 e. The van der Waals surface area contributed by atoms with Crippen molar-refractivity contribution in [3.63, 3.8) is 0 Å². The molecule has 2 rings (SSSR count). The summed E-state index contributed by atoms with van der Waals surface area (Å²) in [7, 11) is 0. The van der Waals surface area contributed by atoms with E-state index in [4.69, 9.17) is 9.47 Å². The first-order valence-electron chi connectivity index (χ1n) is 9.34. The summed E-state index contributed by atoms with van der Waals surface area (Å²) in [5, 5.41) is 2.87. The minimum atomic E-state index is -0.178. The van der Waals surface area contributed by atoms with Crippen LogP contribution < -0.4 is 10.1 Å². The highest BCUT2D eigenvalue weighted by Crippen LogP contribution is 2.13. The van der Waals surface area contributed by atoms with Crippen molar-refractivity contribution < 1.29 is 19.1 Å². The van der Waals surface area contributed by atoms with Crippen LogP contribution in [-0.2, 0) is 9.53 Å². The van der Waals surface area contributed by atoms with Crippen LogP contribution in [0.15, 0.2) is 24.3 Å². The summed E-state index contributed by atoms with van der Waals surface area (Å²) >= 11 is 0. The molecular formula is C20H30N2O4. The minimum absolute atomic E-state index is 0.0192. The van der Waals surface area contributed by atoms with Crippen molar-refractivity contribution >= 4 is 11.7 Å². The zero-order valence-electron chi connectivity index (χ0n) is 16.0. The van der Waals surface area contributed by atoms with Gasteiger partial charge in [-0.3, -0.25) is 14.5 Å². The maximum atomic E-state index is 12.0. The predicted octanol–water partition coefficient (Wildman–Crippen LogP) is 2.13. The summed E-state index contributed by atoms with van der Waals surface area (Å²) in [6.45, 7) is 10.2. The van der Waals surface area contributed by atoms with E-state index in [1.54, 1.807) is 24.3 Å². The first-order valence-corrected chi connectivity index (χ1v) is 9.34. The van der Waals surface area contributed by atoms with Crippen LogP contribution in [0.25, 0.3) is 0 Å². The Balaban J connectivity index is 1.69. The Hall–Kier alpha value is -1.92. The molecule has 0 radical (unpaired) electrons. The lowest BCUT2D eigenvalue weighted by Gasteiger charge is -2.33. The number of carbonyl (C=O) groups is 2. The Labute approximate surface area is 155 Å². The average Bonchev–Trinajstić information content (AvgIpc) is 2.64. The number of amides is 1. The van der Waals surface area contributed by atoms with Crippen molar-refractivity contribution in [3.05, 3.63) is 29.8 Å². The van der Waals surface area contributed by atoms with Gasteiger partial charge in [0.15, 0.2) is 12.4 Å². The minimum Gasteiger partial charge on any atom is -0.484 e. The van der Waals surface area contributed by atoms with Crippen molar-refractivity contribution in [2.75, 3.05) is 39.4 Å². The molecule has 0 aromatic heterocycles. The number of carbonyl (C=O) groups excluding carboxylic acids is 2. The van der Waals surface area contributed by atoms with Crippen molar-refractivity contribution in [1.29, 1.82) is 0 Å². The number of ether oxygens (including phenoxy) is 2. The normalized spacial score (nSPS) is 17.9. The van der Waals surface area contributed by atoms with Crippen LogP contribution in [0, 0.1) is 5.92 Å². The Morgan fingerprint density at radius 2 is 2.04 bits per heavy atom. The molecule has 0 spiro atoms. The summed E-state index contributed by atoms with van der Waals surface area (Å²) < 4.78 is 11.2. The lowest BCUT2D eigenvalue weighted by Crippen LogP contribution is -2.48. The fraction of sp³-hybridized carbons (Fsp3) is 0.600. The fourth-order valence-electron chi connectivity index (χ4n) is 2.95. The number of Topliss-reactive ketones (excluding diaryl/α,β-unsaturated/α-hetero) is 1. The van der Waals surface area contributed by atoms with Gasteiger partial charge in [0, 0.05) is 38.2 Å². The third kappa shape index (κ3) is 6.77. The number of rotatable bonds is 9. The third-order valence-corrected chi connectivity index (χ3v) is 4.24. The van der Waals surface area contributed by atoms with Gasteiger partial charge in [-0.15, -0.1) is 0 Å². The summed E-state index contributed by atoms with van der Waals surface area (Å²) in [6, 6.07) is 6.87. The number of ketones is 1. The van der Waals surface area contributed by atoms with E-state index < -0.39 is 0 Å². The summed E-state index contributed by atoms with van der Waals surface area (Å²) in [6.07, 6.45) is 0.492. The largest absolute Gasteiger partial charge is 0.484 e. The SMILES string of the molecule is CCC(=O)c1ccc(OCC(=O)NC[C@H]2CN(CC(C)C)CCO2)cc1. The molecular weight excluding hydrogens is 332 g/mol. The van der Waals surface area contributed by atoms with Gasteiger partial charge in [-0.05, 0) is 30.2 Å². The molecule has 144 valence electrons. The van der Waals surface area contributed by atoms with Crippen molar-refractivity contribution in [1.82, 2.24) is 10.2 Å². The van der Waals surface area contributed by atoms with Crippen LogP contribution >= 0.6 is 0 Å². The van der Waals surface area contributed by atoms with E-state index >= 15 is 0 Å². The van der Waals surface area contributed by atoms with Gasteiger partial charge in [0.1, 0.15) is 5.75 Å². The molecule has 1 heterocycles. The van der Waals surface area contributed by atoms with E-state index in [1.165, 1.54) is 0 Å². The van der Waals surface area contributed by atoms with Crippen molar-refractivity contribution in [2.45, 2.75) is 33.3 Å². The highest BCUT2D eigenvalue weighted by Gasteiger charge is 2.21. The number of nitrogens with one attached hydrogen (secondary N) is 1.